The average molecular weight is 369 g/mol. The number of carbonyl (C=O) groups excluding carboxylic acids is 2. The number of nitrogens with one attached hydrogen (secondary N) is 2. The lowest BCUT2D eigenvalue weighted by Gasteiger charge is -2.30. The number of hydrogen-bond acceptors (Lipinski definition) is 6. The van der Waals surface area contributed by atoms with Crippen molar-refractivity contribution in [1.82, 2.24) is 0 Å². The van der Waals surface area contributed by atoms with Crippen molar-refractivity contribution in [3.63, 3.8) is 0 Å². The van der Waals surface area contributed by atoms with E-state index >= 15 is 0 Å². The van der Waals surface area contributed by atoms with E-state index in [2.05, 4.69) is 15.5 Å². The van der Waals surface area contributed by atoms with Gasteiger partial charge in [-0.3, -0.25) is 4.79 Å². The van der Waals surface area contributed by atoms with Crippen LogP contribution in [0.2, 0.25) is 0 Å². The first-order valence-corrected chi connectivity index (χ1v) is 8.81. The number of ether oxygens (including phenoxy) is 2. The Morgan fingerprint density at radius 2 is 1.89 bits per heavy atom. The van der Waals surface area contributed by atoms with Crippen LogP contribution < -0.4 is 15.5 Å². The molecule has 0 bridgehead atoms. The van der Waals surface area contributed by atoms with E-state index in [9.17, 15) is 9.59 Å². The molecule has 1 fully saturated rings. The highest BCUT2D eigenvalue weighted by Gasteiger charge is 2.15. The Morgan fingerprint density at radius 1 is 1.11 bits per heavy atom. The van der Waals surface area contributed by atoms with Gasteiger partial charge < -0.3 is 25.0 Å². The Kier molecular flexibility index (Phi) is 6.27. The monoisotopic (exact) mass is 369 g/mol. The third-order valence-electron chi connectivity index (χ3n) is 4.26. The average Bonchev–Trinajstić information content (AvgIpc) is 2.72. The van der Waals surface area contributed by atoms with Crippen molar-refractivity contribution in [3.05, 3.63) is 54.1 Å². The smallest absolute Gasteiger partial charge is 0.337 e. The molecule has 0 unspecified atom stereocenters. The molecule has 0 atom stereocenters. The summed E-state index contributed by atoms with van der Waals surface area (Å²) >= 11 is 0. The van der Waals surface area contributed by atoms with E-state index in [1.165, 1.54) is 7.11 Å². The zero-order chi connectivity index (χ0) is 19.1. The minimum absolute atomic E-state index is 0.115. The van der Waals surface area contributed by atoms with Gasteiger partial charge in [-0.25, -0.2) is 4.79 Å². The predicted octanol–water partition coefficient (Wildman–Crippen LogP) is 2.36. The van der Waals surface area contributed by atoms with Crippen LogP contribution in [0.15, 0.2) is 48.5 Å². The number of para-hydroxylation sites is 2. The Hall–Kier alpha value is -3.06. The molecule has 0 radical (unpaired) electrons. The molecule has 3 rings (SSSR count). The number of methoxy groups -OCH3 is 1. The lowest BCUT2D eigenvalue weighted by atomic mass is 10.2. The topological polar surface area (TPSA) is 79.9 Å². The Balaban J connectivity index is 1.61. The molecule has 1 amide bonds. The van der Waals surface area contributed by atoms with Gasteiger partial charge in [0.25, 0.3) is 0 Å². The second kappa shape index (κ2) is 9.05. The summed E-state index contributed by atoms with van der Waals surface area (Å²) in [5.74, 6) is -0.641. The maximum absolute atomic E-state index is 12.3. The molecule has 1 saturated heterocycles. The number of nitrogens with zero attached hydrogens (tertiary/aromatic N) is 1. The SMILES string of the molecule is COC(=O)c1cccc(NC(=O)CNc2ccccc2N2CCOCC2)c1. The van der Waals surface area contributed by atoms with Gasteiger partial charge in [-0.1, -0.05) is 18.2 Å². The van der Waals surface area contributed by atoms with Crippen LogP contribution in [-0.2, 0) is 14.3 Å². The van der Waals surface area contributed by atoms with E-state index < -0.39 is 5.97 Å². The van der Waals surface area contributed by atoms with Gasteiger partial charge in [0, 0.05) is 18.8 Å². The summed E-state index contributed by atoms with van der Waals surface area (Å²) in [6.07, 6.45) is 0. The lowest BCUT2D eigenvalue weighted by Crippen LogP contribution is -2.36. The zero-order valence-electron chi connectivity index (χ0n) is 15.2. The summed E-state index contributed by atoms with van der Waals surface area (Å²) in [5, 5.41) is 5.98. The summed E-state index contributed by atoms with van der Waals surface area (Å²) in [7, 11) is 1.32. The molecule has 0 saturated carbocycles. The van der Waals surface area contributed by atoms with E-state index in [1.807, 2.05) is 24.3 Å². The van der Waals surface area contributed by atoms with Gasteiger partial charge in [0.1, 0.15) is 0 Å². The van der Waals surface area contributed by atoms with Crippen molar-refractivity contribution in [2.24, 2.45) is 0 Å². The molecule has 2 N–H and O–H groups in total. The van der Waals surface area contributed by atoms with E-state index in [4.69, 9.17) is 9.47 Å². The van der Waals surface area contributed by atoms with Crippen molar-refractivity contribution in [2.75, 3.05) is 55.5 Å². The molecule has 7 nitrogen and oxygen atoms in total. The molecule has 7 heteroatoms. The van der Waals surface area contributed by atoms with Crippen LogP contribution in [0.1, 0.15) is 10.4 Å². The predicted molar refractivity (Wildman–Crippen MR) is 104 cm³/mol. The highest BCUT2D eigenvalue weighted by molar-refractivity contribution is 5.96. The first-order valence-electron chi connectivity index (χ1n) is 8.81. The van der Waals surface area contributed by atoms with Gasteiger partial charge in [-0.05, 0) is 30.3 Å². The van der Waals surface area contributed by atoms with Crippen LogP contribution >= 0.6 is 0 Å². The van der Waals surface area contributed by atoms with Crippen LogP contribution in [-0.4, -0.2) is 51.8 Å². The fourth-order valence-electron chi connectivity index (χ4n) is 2.93. The molecule has 142 valence electrons. The van der Waals surface area contributed by atoms with Crippen molar-refractivity contribution in [3.8, 4) is 0 Å². The molecule has 27 heavy (non-hydrogen) atoms. The number of benzene rings is 2. The molecule has 2 aromatic rings. The Labute approximate surface area is 158 Å². The number of amides is 1. The van der Waals surface area contributed by atoms with E-state index in [0.29, 0.717) is 24.5 Å². The first kappa shape index (κ1) is 18.7. The standard InChI is InChI=1S/C20H23N3O4/c1-26-20(25)15-5-4-6-16(13-15)22-19(24)14-21-17-7-2-3-8-18(17)23-9-11-27-12-10-23/h2-8,13,21H,9-12,14H2,1H3,(H,22,24). The highest BCUT2D eigenvalue weighted by atomic mass is 16.5. The fourth-order valence-corrected chi connectivity index (χ4v) is 2.93. The zero-order valence-corrected chi connectivity index (χ0v) is 15.2. The van der Waals surface area contributed by atoms with Crippen LogP contribution in [0.3, 0.4) is 0 Å². The second-order valence-corrected chi connectivity index (χ2v) is 6.09. The normalized spacial score (nSPS) is 13.7. The second-order valence-electron chi connectivity index (χ2n) is 6.09. The number of hydrogen-bond donors (Lipinski definition) is 2. The van der Waals surface area contributed by atoms with Crippen LogP contribution in [0, 0.1) is 0 Å². The number of anilines is 3. The minimum atomic E-state index is -0.441. The number of morpholine rings is 1. The third kappa shape index (κ3) is 4.98. The van der Waals surface area contributed by atoms with E-state index in [-0.39, 0.29) is 12.5 Å². The quantitative estimate of drug-likeness (QED) is 0.761. The summed E-state index contributed by atoms with van der Waals surface area (Å²) in [6.45, 7) is 3.16. The van der Waals surface area contributed by atoms with Gasteiger partial charge in [0.05, 0.1) is 43.8 Å². The fraction of sp³-hybridized carbons (Fsp3) is 0.300. The van der Waals surface area contributed by atoms with Crippen LogP contribution in [0.25, 0.3) is 0 Å². The molecule has 0 spiro atoms. The minimum Gasteiger partial charge on any atom is -0.465 e. The summed E-state index contributed by atoms with van der Waals surface area (Å²) < 4.78 is 10.1. The number of rotatable bonds is 6. The molecule has 1 aliphatic heterocycles. The van der Waals surface area contributed by atoms with Gasteiger partial charge in [0.15, 0.2) is 0 Å². The van der Waals surface area contributed by atoms with E-state index in [0.717, 1.165) is 24.5 Å². The number of carbonyl (C=O) groups is 2. The van der Waals surface area contributed by atoms with Gasteiger partial charge in [-0.2, -0.15) is 0 Å². The van der Waals surface area contributed by atoms with E-state index in [1.54, 1.807) is 24.3 Å². The first-order chi connectivity index (χ1) is 13.2. The highest BCUT2D eigenvalue weighted by Crippen LogP contribution is 2.26. The number of esters is 1. The maximum atomic E-state index is 12.3. The third-order valence-corrected chi connectivity index (χ3v) is 4.26. The Bertz CT molecular complexity index is 803. The van der Waals surface area contributed by atoms with Crippen molar-refractivity contribution >= 4 is 28.9 Å². The maximum Gasteiger partial charge on any atom is 0.337 e. The summed E-state index contributed by atoms with van der Waals surface area (Å²) in [5.41, 5.74) is 2.89. The molecular weight excluding hydrogens is 346 g/mol. The van der Waals surface area contributed by atoms with Gasteiger partial charge in [0.2, 0.25) is 5.91 Å². The van der Waals surface area contributed by atoms with Gasteiger partial charge >= 0.3 is 5.97 Å². The van der Waals surface area contributed by atoms with Gasteiger partial charge in [-0.15, -0.1) is 0 Å². The van der Waals surface area contributed by atoms with Crippen LogP contribution in [0.4, 0.5) is 17.1 Å². The molecule has 1 heterocycles. The molecule has 2 aromatic carbocycles. The molecule has 0 aliphatic carbocycles. The van der Waals surface area contributed by atoms with Crippen molar-refractivity contribution < 1.29 is 19.1 Å². The molecular formula is C20H23N3O4. The molecule has 0 aromatic heterocycles. The Morgan fingerprint density at radius 3 is 2.67 bits per heavy atom. The van der Waals surface area contributed by atoms with Crippen molar-refractivity contribution in [1.29, 1.82) is 0 Å². The largest absolute Gasteiger partial charge is 0.465 e. The lowest BCUT2D eigenvalue weighted by molar-refractivity contribution is -0.114. The van der Waals surface area contributed by atoms with Crippen molar-refractivity contribution in [2.45, 2.75) is 0 Å². The van der Waals surface area contributed by atoms with Crippen LogP contribution in [0.5, 0.6) is 0 Å². The molecule has 1 aliphatic rings. The summed E-state index contributed by atoms with van der Waals surface area (Å²) in [6, 6.07) is 14.6. The summed E-state index contributed by atoms with van der Waals surface area (Å²) in [4.78, 5) is 26.1.